The molecule has 0 heterocycles. The number of hydrogen-bond donors (Lipinski definition) is 3. The van der Waals surface area contributed by atoms with E-state index in [1.807, 2.05) is 55.5 Å². The van der Waals surface area contributed by atoms with Gasteiger partial charge in [0.15, 0.2) is 5.96 Å². The highest BCUT2D eigenvalue weighted by atomic mass is 127. The number of ether oxygens (including phenoxy) is 1. The Morgan fingerprint density at radius 2 is 1.86 bits per heavy atom. The van der Waals surface area contributed by atoms with Crippen molar-refractivity contribution in [2.45, 2.75) is 26.8 Å². The average molecular weight is 496 g/mol. The Labute approximate surface area is 184 Å². The van der Waals surface area contributed by atoms with E-state index in [0.717, 1.165) is 23.4 Å². The van der Waals surface area contributed by atoms with E-state index in [4.69, 9.17) is 4.74 Å². The van der Waals surface area contributed by atoms with Gasteiger partial charge in [0.1, 0.15) is 5.75 Å². The molecule has 0 unspecified atom stereocenters. The molecule has 0 saturated heterocycles. The van der Waals surface area contributed by atoms with Crippen molar-refractivity contribution in [3.63, 3.8) is 0 Å². The molecule has 3 N–H and O–H groups in total. The monoisotopic (exact) mass is 496 g/mol. The third-order valence-electron chi connectivity index (χ3n) is 3.98. The number of carbonyl (C=O) groups excluding carboxylic acids is 1. The van der Waals surface area contributed by atoms with Gasteiger partial charge in [0.2, 0.25) is 5.91 Å². The van der Waals surface area contributed by atoms with E-state index >= 15 is 0 Å². The zero-order chi connectivity index (χ0) is 19.5. The fraction of sp³-hybridized carbons (Fsp3) is 0.333. The van der Waals surface area contributed by atoms with E-state index in [2.05, 4.69) is 27.9 Å². The van der Waals surface area contributed by atoms with Crippen LogP contribution in [0.4, 0.5) is 5.69 Å². The van der Waals surface area contributed by atoms with Gasteiger partial charge in [0, 0.05) is 17.8 Å². The molecule has 0 bridgehead atoms. The lowest BCUT2D eigenvalue weighted by atomic mass is 10.1. The molecule has 0 aliphatic carbocycles. The molecular formula is C21H29IN4O2. The number of benzene rings is 2. The average Bonchev–Trinajstić information content (AvgIpc) is 2.70. The lowest BCUT2D eigenvalue weighted by molar-refractivity contribution is -0.115. The Balaban J connectivity index is 0.00000392. The number of hydrogen-bond acceptors (Lipinski definition) is 3. The van der Waals surface area contributed by atoms with Crippen molar-refractivity contribution in [3.8, 4) is 5.75 Å². The SMILES string of the molecule is CCNC(=NCc1ccccc1OC)NCC(=O)Nc1cccc(CC)c1.I. The van der Waals surface area contributed by atoms with Crippen LogP contribution in [0.3, 0.4) is 0 Å². The number of nitrogens with one attached hydrogen (secondary N) is 3. The van der Waals surface area contributed by atoms with E-state index in [1.54, 1.807) is 7.11 Å². The summed E-state index contributed by atoms with van der Waals surface area (Å²) in [6.07, 6.45) is 0.933. The maximum Gasteiger partial charge on any atom is 0.243 e. The van der Waals surface area contributed by atoms with E-state index in [-0.39, 0.29) is 36.4 Å². The van der Waals surface area contributed by atoms with Crippen LogP contribution in [0.1, 0.15) is 25.0 Å². The van der Waals surface area contributed by atoms with Crippen LogP contribution in [0.15, 0.2) is 53.5 Å². The summed E-state index contributed by atoms with van der Waals surface area (Å²) in [4.78, 5) is 16.8. The summed E-state index contributed by atoms with van der Waals surface area (Å²) in [7, 11) is 1.64. The second-order valence-electron chi connectivity index (χ2n) is 5.96. The molecule has 2 rings (SSSR count). The highest BCUT2D eigenvalue weighted by molar-refractivity contribution is 14.0. The Hall–Kier alpha value is -2.29. The van der Waals surface area contributed by atoms with Gasteiger partial charge in [-0.3, -0.25) is 4.79 Å². The first-order chi connectivity index (χ1) is 13.2. The molecule has 6 nitrogen and oxygen atoms in total. The lowest BCUT2D eigenvalue weighted by Crippen LogP contribution is -2.41. The summed E-state index contributed by atoms with van der Waals surface area (Å²) in [6.45, 7) is 5.37. The van der Waals surface area contributed by atoms with E-state index in [1.165, 1.54) is 5.56 Å². The van der Waals surface area contributed by atoms with Gasteiger partial charge in [0.25, 0.3) is 0 Å². The van der Waals surface area contributed by atoms with Crippen molar-refractivity contribution in [2.24, 2.45) is 4.99 Å². The molecule has 0 radical (unpaired) electrons. The Morgan fingerprint density at radius 1 is 1.07 bits per heavy atom. The minimum atomic E-state index is -0.119. The molecule has 7 heteroatoms. The van der Waals surface area contributed by atoms with Gasteiger partial charge in [-0.25, -0.2) is 4.99 Å². The van der Waals surface area contributed by atoms with E-state index < -0.39 is 0 Å². The predicted octanol–water partition coefficient (Wildman–Crippen LogP) is 3.57. The molecule has 152 valence electrons. The van der Waals surface area contributed by atoms with Crippen LogP contribution >= 0.6 is 24.0 Å². The van der Waals surface area contributed by atoms with Gasteiger partial charge in [-0.2, -0.15) is 0 Å². The number of amides is 1. The topological polar surface area (TPSA) is 74.8 Å². The molecule has 0 aliphatic rings. The number of halogens is 1. The number of aryl methyl sites for hydroxylation is 1. The fourth-order valence-corrected chi connectivity index (χ4v) is 2.58. The van der Waals surface area contributed by atoms with Crippen LogP contribution in [0.25, 0.3) is 0 Å². The smallest absolute Gasteiger partial charge is 0.243 e. The Bertz CT molecular complexity index is 781. The molecule has 28 heavy (non-hydrogen) atoms. The van der Waals surface area contributed by atoms with Gasteiger partial charge in [-0.15, -0.1) is 24.0 Å². The molecule has 0 saturated carbocycles. The van der Waals surface area contributed by atoms with Crippen molar-refractivity contribution >= 4 is 41.5 Å². The molecule has 0 atom stereocenters. The summed E-state index contributed by atoms with van der Waals surface area (Å²) >= 11 is 0. The number of aliphatic imine (C=N–C) groups is 1. The highest BCUT2D eigenvalue weighted by Crippen LogP contribution is 2.17. The number of para-hydroxylation sites is 1. The van der Waals surface area contributed by atoms with E-state index in [9.17, 15) is 4.79 Å². The van der Waals surface area contributed by atoms with Crippen LogP contribution in [-0.2, 0) is 17.8 Å². The van der Waals surface area contributed by atoms with Crippen LogP contribution in [0.2, 0.25) is 0 Å². The summed E-state index contributed by atoms with van der Waals surface area (Å²) < 4.78 is 5.35. The minimum Gasteiger partial charge on any atom is -0.496 e. The van der Waals surface area contributed by atoms with Crippen LogP contribution < -0.4 is 20.7 Å². The second kappa shape index (κ2) is 13.0. The number of nitrogens with zero attached hydrogens (tertiary/aromatic N) is 1. The number of carbonyl (C=O) groups is 1. The normalized spacial score (nSPS) is 10.6. The largest absolute Gasteiger partial charge is 0.496 e. The molecule has 0 fully saturated rings. The second-order valence-corrected chi connectivity index (χ2v) is 5.96. The molecule has 2 aromatic carbocycles. The maximum absolute atomic E-state index is 12.2. The number of guanidine groups is 1. The van der Waals surface area contributed by atoms with Crippen molar-refractivity contribution in [2.75, 3.05) is 25.5 Å². The number of rotatable bonds is 8. The zero-order valence-electron chi connectivity index (χ0n) is 16.6. The van der Waals surface area contributed by atoms with Crippen molar-refractivity contribution in [1.82, 2.24) is 10.6 Å². The molecular weight excluding hydrogens is 467 g/mol. The summed E-state index contributed by atoms with van der Waals surface area (Å²) in [5.41, 5.74) is 2.97. The van der Waals surface area contributed by atoms with Gasteiger partial charge in [-0.05, 0) is 37.1 Å². The van der Waals surface area contributed by atoms with Gasteiger partial charge in [-0.1, -0.05) is 37.3 Å². The van der Waals surface area contributed by atoms with Crippen LogP contribution in [-0.4, -0.2) is 32.1 Å². The molecule has 0 aliphatic heterocycles. The first kappa shape index (κ1) is 23.7. The van der Waals surface area contributed by atoms with Gasteiger partial charge < -0.3 is 20.7 Å². The maximum atomic E-state index is 12.2. The lowest BCUT2D eigenvalue weighted by Gasteiger charge is -2.12. The minimum absolute atomic E-state index is 0. The van der Waals surface area contributed by atoms with Crippen molar-refractivity contribution in [1.29, 1.82) is 0 Å². The van der Waals surface area contributed by atoms with E-state index in [0.29, 0.717) is 19.0 Å². The van der Waals surface area contributed by atoms with Crippen LogP contribution in [0.5, 0.6) is 5.75 Å². The Morgan fingerprint density at radius 3 is 2.57 bits per heavy atom. The molecule has 2 aromatic rings. The third-order valence-corrected chi connectivity index (χ3v) is 3.98. The standard InChI is InChI=1S/C21H28N4O2.HI/c1-4-16-9-8-11-18(13-16)25-20(26)15-24-21(22-5-2)23-14-17-10-6-7-12-19(17)27-3;/h6-13H,4-5,14-15H2,1-3H3,(H,25,26)(H2,22,23,24);1H. The van der Waals surface area contributed by atoms with Gasteiger partial charge >= 0.3 is 0 Å². The molecule has 0 aromatic heterocycles. The third kappa shape index (κ3) is 7.75. The first-order valence-electron chi connectivity index (χ1n) is 9.19. The fourth-order valence-electron chi connectivity index (χ4n) is 2.58. The zero-order valence-corrected chi connectivity index (χ0v) is 18.9. The van der Waals surface area contributed by atoms with Crippen LogP contribution in [0, 0.1) is 0 Å². The van der Waals surface area contributed by atoms with Gasteiger partial charge in [0.05, 0.1) is 20.2 Å². The summed E-state index contributed by atoms with van der Waals surface area (Å²) in [5.74, 6) is 1.26. The number of methoxy groups -OCH3 is 1. The quantitative estimate of drug-likeness (QED) is 0.297. The summed E-state index contributed by atoms with van der Waals surface area (Å²) in [6, 6.07) is 15.6. The predicted molar refractivity (Wildman–Crippen MR) is 126 cm³/mol. The van der Waals surface area contributed by atoms with Crippen molar-refractivity contribution in [3.05, 3.63) is 59.7 Å². The number of anilines is 1. The first-order valence-corrected chi connectivity index (χ1v) is 9.19. The molecule has 0 spiro atoms. The summed E-state index contributed by atoms with van der Waals surface area (Å²) in [5, 5.41) is 9.11. The molecule has 1 amide bonds. The van der Waals surface area contributed by atoms with Crippen molar-refractivity contribution < 1.29 is 9.53 Å². The highest BCUT2D eigenvalue weighted by Gasteiger charge is 2.06. The Kier molecular flexibility index (Phi) is 11.0.